The lowest BCUT2D eigenvalue weighted by molar-refractivity contribution is -0.131. The number of nitrogens with zero attached hydrogens (tertiary/aromatic N) is 3. The highest BCUT2D eigenvalue weighted by Crippen LogP contribution is 2.13. The van der Waals surface area contributed by atoms with Crippen LogP contribution in [-0.4, -0.2) is 59.7 Å². The highest BCUT2D eigenvalue weighted by atomic mass is 16.5. The molecular weight excluding hydrogens is 507 g/mol. The van der Waals surface area contributed by atoms with E-state index in [1.807, 2.05) is 57.2 Å². The van der Waals surface area contributed by atoms with Crippen LogP contribution in [0.1, 0.15) is 48.1 Å². The number of alkyl carbamates (subject to hydrolysis) is 1. The van der Waals surface area contributed by atoms with Crippen LogP contribution in [0.5, 0.6) is 0 Å². The number of nitrogens with one attached hydrogen (secondary N) is 1. The molecule has 0 aliphatic heterocycles. The summed E-state index contributed by atoms with van der Waals surface area (Å²) in [5.74, 6) is 3.42. The van der Waals surface area contributed by atoms with E-state index in [0.717, 1.165) is 22.3 Å². The van der Waals surface area contributed by atoms with Gasteiger partial charge in [-0.3, -0.25) is 4.79 Å². The Hall–Kier alpha value is -4.30. The first-order chi connectivity index (χ1) is 19.2. The zero-order chi connectivity index (χ0) is 29.5. The number of carbonyl (C=O) groups excluding carboxylic acids is 2. The van der Waals surface area contributed by atoms with E-state index in [1.54, 1.807) is 17.0 Å². The fraction of sp³-hybridized carbons (Fsp3) is 0.400. The van der Waals surface area contributed by atoms with E-state index in [1.165, 1.54) is 0 Å². The highest BCUT2D eigenvalue weighted by molar-refractivity contribution is 6.43. The Kier molecular flexibility index (Phi) is 13.3. The van der Waals surface area contributed by atoms with Crippen LogP contribution in [0.3, 0.4) is 0 Å². The molecule has 2 atom stereocenters. The quantitative estimate of drug-likeness (QED) is 0.276. The van der Waals surface area contributed by atoms with Crippen LogP contribution in [0, 0.1) is 47.3 Å². The van der Waals surface area contributed by atoms with Crippen molar-refractivity contribution in [1.82, 2.24) is 10.2 Å². The van der Waals surface area contributed by atoms with Gasteiger partial charge < -0.3 is 25.0 Å². The molecule has 0 radical (unpaired) electrons. The number of hydrogen-bond donors (Lipinski definition) is 3. The molecule has 0 fully saturated rings. The van der Waals surface area contributed by atoms with Crippen LogP contribution in [0.4, 0.5) is 4.79 Å². The number of carbonyl (C=O) groups is 2. The van der Waals surface area contributed by atoms with Crippen LogP contribution in [0.2, 0.25) is 0 Å². The molecule has 0 bridgehead atoms. The number of amides is 2. The van der Waals surface area contributed by atoms with Crippen LogP contribution in [0.15, 0.2) is 42.5 Å². The van der Waals surface area contributed by atoms with Crippen molar-refractivity contribution in [2.24, 2.45) is 5.92 Å². The van der Waals surface area contributed by atoms with Crippen molar-refractivity contribution in [3.63, 3.8) is 0 Å². The van der Waals surface area contributed by atoms with Gasteiger partial charge in [-0.25, -0.2) is 4.79 Å². The summed E-state index contributed by atoms with van der Waals surface area (Å²) in [4.78, 5) is 26.2. The summed E-state index contributed by atoms with van der Waals surface area (Å²) >= 11 is 0. The predicted octanol–water partition coefficient (Wildman–Crippen LogP) is 2.70. The Labute approximate surface area is 236 Å². The van der Waals surface area contributed by atoms with E-state index in [4.69, 9.17) is 4.74 Å². The Morgan fingerprint density at radius 3 is 2.25 bits per heavy atom. The number of nitriles is 2. The summed E-state index contributed by atoms with van der Waals surface area (Å²) in [5.41, 5.74) is 4.02. The van der Waals surface area contributed by atoms with Crippen molar-refractivity contribution in [3.05, 3.63) is 70.3 Å². The van der Waals surface area contributed by atoms with Gasteiger partial charge in [-0.1, -0.05) is 41.8 Å². The molecule has 40 heavy (non-hydrogen) atoms. The van der Waals surface area contributed by atoms with Crippen molar-refractivity contribution in [2.75, 3.05) is 19.7 Å². The highest BCUT2D eigenvalue weighted by Gasteiger charge is 2.26. The SMILES string of the molecule is CCN(CC)C(=O)C(C#N)C#CCCc1cc(C#N)cc(CCOC(=O)N[C@@H](Cc2ccc(C)cc2)B(O)O)c1. The number of benzene rings is 2. The van der Waals surface area contributed by atoms with Gasteiger partial charge in [0.05, 0.1) is 30.2 Å². The van der Waals surface area contributed by atoms with Gasteiger partial charge in [-0.05, 0) is 62.4 Å². The normalized spacial score (nSPS) is 11.6. The Balaban J connectivity index is 1.92. The summed E-state index contributed by atoms with van der Waals surface area (Å²) in [7, 11) is -1.76. The van der Waals surface area contributed by atoms with Crippen molar-refractivity contribution in [2.45, 2.75) is 52.4 Å². The van der Waals surface area contributed by atoms with Crippen molar-refractivity contribution in [1.29, 1.82) is 10.5 Å². The molecule has 3 N–H and O–H groups in total. The molecule has 9 nitrogen and oxygen atoms in total. The van der Waals surface area contributed by atoms with Gasteiger partial charge in [0.25, 0.3) is 5.91 Å². The van der Waals surface area contributed by atoms with Crippen molar-refractivity contribution >= 4 is 19.1 Å². The lowest BCUT2D eigenvalue weighted by atomic mass is 9.76. The molecule has 2 amide bonds. The molecule has 0 aliphatic carbocycles. The minimum Gasteiger partial charge on any atom is -0.449 e. The van der Waals surface area contributed by atoms with Gasteiger partial charge in [-0.2, -0.15) is 10.5 Å². The summed E-state index contributed by atoms with van der Waals surface area (Å²) in [5, 5.41) is 40.6. The monoisotopic (exact) mass is 542 g/mol. The number of rotatable bonds is 12. The third-order valence-corrected chi connectivity index (χ3v) is 6.28. The second kappa shape index (κ2) is 16.6. The molecule has 10 heteroatoms. The lowest BCUT2D eigenvalue weighted by Gasteiger charge is -2.19. The maximum Gasteiger partial charge on any atom is 0.475 e. The summed E-state index contributed by atoms with van der Waals surface area (Å²) in [6.07, 6.45) is 0.721. The van der Waals surface area contributed by atoms with Gasteiger partial charge in [0.2, 0.25) is 0 Å². The lowest BCUT2D eigenvalue weighted by Crippen LogP contribution is -2.48. The fourth-order valence-electron chi connectivity index (χ4n) is 4.03. The van der Waals surface area contributed by atoms with Gasteiger partial charge in [0, 0.05) is 25.9 Å². The molecule has 2 rings (SSSR count). The van der Waals surface area contributed by atoms with Crippen LogP contribution >= 0.6 is 0 Å². The Bertz CT molecular complexity index is 1280. The number of aryl methyl sites for hydroxylation is 2. The van der Waals surface area contributed by atoms with Gasteiger partial charge in [0.1, 0.15) is 0 Å². The average Bonchev–Trinajstić information content (AvgIpc) is 2.94. The van der Waals surface area contributed by atoms with Gasteiger partial charge in [0.15, 0.2) is 5.92 Å². The molecule has 0 aliphatic rings. The van der Waals surface area contributed by atoms with E-state index in [-0.39, 0.29) is 18.9 Å². The van der Waals surface area contributed by atoms with E-state index >= 15 is 0 Å². The molecule has 0 spiro atoms. The molecule has 2 aromatic rings. The first kappa shape index (κ1) is 31.9. The topological polar surface area (TPSA) is 147 Å². The smallest absolute Gasteiger partial charge is 0.449 e. The van der Waals surface area contributed by atoms with E-state index in [9.17, 15) is 30.2 Å². The van der Waals surface area contributed by atoms with Crippen molar-refractivity contribution < 1.29 is 24.4 Å². The third kappa shape index (κ3) is 10.5. The first-order valence-corrected chi connectivity index (χ1v) is 13.2. The van der Waals surface area contributed by atoms with Gasteiger partial charge >= 0.3 is 13.2 Å². The first-order valence-electron chi connectivity index (χ1n) is 13.2. The zero-order valence-electron chi connectivity index (χ0n) is 23.2. The summed E-state index contributed by atoms with van der Waals surface area (Å²) < 4.78 is 5.25. The van der Waals surface area contributed by atoms with E-state index < -0.39 is 25.1 Å². The average molecular weight is 542 g/mol. The molecule has 0 heterocycles. The molecule has 2 aromatic carbocycles. The summed E-state index contributed by atoms with van der Waals surface area (Å²) in [6, 6.07) is 17.0. The standard InChI is InChI=1S/C30H35BN4O5/c1-4-35(5-2)29(36)27(21-33)9-7-6-8-24-16-25(18-26(17-24)20-32)14-15-40-30(37)34-28(31(38)39)19-23-12-10-22(3)11-13-23/h10-13,16-18,27-28,38-39H,4-6,8,14-15,19H2,1-3H3,(H,34,37)/t27?,28-/m0/s1. The molecule has 0 aromatic heterocycles. The fourth-order valence-corrected chi connectivity index (χ4v) is 4.03. The number of ether oxygens (including phenoxy) is 1. The summed E-state index contributed by atoms with van der Waals surface area (Å²) in [6.45, 7) is 6.71. The number of hydrogen-bond acceptors (Lipinski definition) is 7. The second-order valence-electron chi connectivity index (χ2n) is 9.28. The largest absolute Gasteiger partial charge is 0.475 e. The maximum atomic E-state index is 12.4. The predicted molar refractivity (Wildman–Crippen MR) is 151 cm³/mol. The minimum absolute atomic E-state index is 0.0239. The Morgan fingerprint density at radius 1 is 1.02 bits per heavy atom. The molecular formula is C30H35BN4O5. The van der Waals surface area contributed by atoms with Gasteiger partial charge in [-0.15, -0.1) is 5.92 Å². The minimum atomic E-state index is -1.76. The third-order valence-electron chi connectivity index (χ3n) is 6.28. The molecule has 0 saturated carbocycles. The van der Waals surface area contributed by atoms with Crippen LogP contribution in [0.25, 0.3) is 0 Å². The zero-order valence-corrected chi connectivity index (χ0v) is 23.2. The second-order valence-corrected chi connectivity index (χ2v) is 9.28. The molecule has 0 saturated heterocycles. The van der Waals surface area contributed by atoms with E-state index in [2.05, 4.69) is 23.2 Å². The van der Waals surface area contributed by atoms with Crippen LogP contribution in [-0.2, 0) is 28.8 Å². The molecule has 208 valence electrons. The maximum absolute atomic E-state index is 12.4. The van der Waals surface area contributed by atoms with E-state index in [0.29, 0.717) is 37.9 Å². The molecule has 1 unspecified atom stereocenters. The van der Waals surface area contributed by atoms with Crippen molar-refractivity contribution in [3.8, 4) is 24.0 Å². The Morgan fingerprint density at radius 2 is 1.68 bits per heavy atom. The van der Waals surface area contributed by atoms with Crippen LogP contribution < -0.4 is 5.32 Å².